The predicted octanol–water partition coefficient (Wildman–Crippen LogP) is 3.29. The molecule has 1 aromatic carbocycles. The highest BCUT2D eigenvalue weighted by Gasteiger charge is 2.63. The highest BCUT2D eigenvalue weighted by molar-refractivity contribution is 6.03. The predicted molar refractivity (Wildman–Crippen MR) is 102 cm³/mol. The lowest BCUT2D eigenvalue weighted by Crippen LogP contribution is -2.57. The van der Waals surface area contributed by atoms with Gasteiger partial charge in [0.1, 0.15) is 17.0 Å². The molecule has 0 radical (unpaired) electrons. The standard InChI is InChI=1S/C20H24FN3O4/c1-5-16(25)23-15-8-13(6-7-14(15)21)22-17(26)20-9-12(10-20)11-24(20)18(27)28-19(2,3)4/h5-8,12H,1,9-11H2,2-4H3,(H,22,26)(H,23,25). The Labute approximate surface area is 162 Å². The molecule has 3 amide bonds. The quantitative estimate of drug-likeness (QED) is 0.774. The van der Waals surface area contributed by atoms with Gasteiger partial charge in [-0.2, -0.15) is 0 Å². The summed E-state index contributed by atoms with van der Waals surface area (Å²) in [7, 11) is 0. The number of hydrogen-bond donors (Lipinski definition) is 2. The van der Waals surface area contributed by atoms with Crippen molar-refractivity contribution in [3.8, 4) is 0 Å². The Morgan fingerprint density at radius 1 is 1.29 bits per heavy atom. The van der Waals surface area contributed by atoms with Gasteiger partial charge in [0.25, 0.3) is 5.91 Å². The van der Waals surface area contributed by atoms with Crippen LogP contribution in [0.1, 0.15) is 33.6 Å². The summed E-state index contributed by atoms with van der Waals surface area (Å²) in [5, 5.41) is 5.08. The minimum absolute atomic E-state index is 0.0675. The van der Waals surface area contributed by atoms with Gasteiger partial charge in [-0.1, -0.05) is 6.58 Å². The molecule has 2 bridgehead atoms. The SMILES string of the molecule is C=CC(=O)Nc1cc(NC(=O)C23CC(CN2C(=O)OC(C)(C)C)C3)ccc1F. The maximum absolute atomic E-state index is 13.9. The summed E-state index contributed by atoms with van der Waals surface area (Å²) in [6, 6.07) is 3.88. The van der Waals surface area contributed by atoms with Crippen LogP contribution in [0.25, 0.3) is 0 Å². The van der Waals surface area contributed by atoms with Crippen LogP contribution in [0.4, 0.5) is 20.6 Å². The molecule has 4 rings (SSSR count). The molecule has 2 aliphatic heterocycles. The summed E-state index contributed by atoms with van der Waals surface area (Å²) in [5.74, 6) is -1.27. The van der Waals surface area contributed by atoms with Crippen molar-refractivity contribution >= 4 is 29.3 Å². The van der Waals surface area contributed by atoms with Crippen molar-refractivity contribution in [1.29, 1.82) is 0 Å². The summed E-state index contributed by atoms with van der Waals surface area (Å²) >= 11 is 0. The topological polar surface area (TPSA) is 87.7 Å². The molecule has 150 valence electrons. The molecule has 0 spiro atoms. The van der Waals surface area contributed by atoms with Crippen LogP contribution >= 0.6 is 0 Å². The van der Waals surface area contributed by atoms with Crippen molar-refractivity contribution in [2.24, 2.45) is 5.92 Å². The number of carbonyl (C=O) groups excluding carboxylic acids is 3. The van der Waals surface area contributed by atoms with Crippen LogP contribution in [-0.2, 0) is 14.3 Å². The molecule has 0 unspecified atom stereocenters. The number of benzene rings is 1. The fourth-order valence-electron chi connectivity index (χ4n) is 3.68. The van der Waals surface area contributed by atoms with Gasteiger partial charge in [-0.05, 0) is 63.8 Å². The number of ether oxygens (including phenoxy) is 1. The first-order chi connectivity index (χ1) is 13.0. The average molecular weight is 389 g/mol. The Kier molecular flexibility index (Phi) is 4.91. The highest BCUT2D eigenvalue weighted by atomic mass is 19.1. The number of anilines is 2. The minimum Gasteiger partial charge on any atom is -0.444 e. The summed E-state index contributed by atoms with van der Waals surface area (Å²) < 4.78 is 19.3. The van der Waals surface area contributed by atoms with Crippen molar-refractivity contribution in [2.45, 2.75) is 44.8 Å². The average Bonchev–Trinajstić information content (AvgIpc) is 3.13. The number of nitrogens with zero attached hydrogens (tertiary/aromatic N) is 1. The molecular weight excluding hydrogens is 365 g/mol. The van der Waals surface area contributed by atoms with Crippen LogP contribution < -0.4 is 10.6 Å². The lowest BCUT2D eigenvalue weighted by Gasteiger charge is -2.40. The van der Waals surface area contributed by atoms with Gasteiger partial charge in [-0.3, -0.25) is 14.5 Å². The fourth-order valence-corrected chi connectivity index (χ4v) is 3.68. The van der Waals surface area contributed by atoms with E-state index < -0.39 is 29.0 Å². The first kappa shape index (κ1) is 19.9. The first-order valence-corrected chi connectivity index (χ1v) is 9.09. The normalized spacial score (nSPS) is 22.9. The third-order valence-corrected chi connectivity index (χ3v) is 4.91. The van der Waals surface area contributed by atoms with E-state index in [2.05, 4.69) is 17.2 Å². The van der Waals surface area contributed by atoms with Crippen molar-refractivity contribution < 1.29 is 23.5 Å². The van der Waals surface area contributed by atoms with Crippen LogP contribution in [0.15, 0.2) is 30.9 Å². The number of nitrogens with one attached hydrogen (secondary N) is 2. The van der Waals surface area contributed by atoms with Crippen molar-refractivity contribution in [3.63, 3.8) is 0 Å². The molecule has 2 saturated heterocycles. The maximum atomic E-state index is 13.9. The highest BCUT2D eigenvalue weighted by Crippen LogP contribution is 2.51. The van der Waals surface area contributed by atoms with Gasteiger partial charge >= 0.3 is 6.09 Å². The summed E-state index contributed by atoms with van der Waals surface area (Å²) in [6.07, 6.45) is 1.65. The molecule has 7 nitrogen and oxygen atoms in total. The molecule has 2 N–H and O–H groups in total. The molecule has 0 atom stereocenters. The zero-order valence-electron chi connectivity index (χ0n) is 16.2. The van der Waals surface area contributed by atoms with Gasteiger partial charge in [0.2, 0.25) is 5.91 Å². The van der Waals surface area contributed by atoms with E-state index in [-0.39, 0.29) is 17.5 Å². The Bertz CT molecular complexity index is 840. The molecule has 8 heteroatoms. The number of rotatable bonds is 4. The number of hydrogen-bond acceptors (Lipinski definition) is 4. The monoisotopic (exact) mass is 389 g/mol. The van der Waals surface area contributed by atoms with E-state index in [1.165, 1.54) is 17.0 Å². The van der Waals surface area contributed by atoms with Gasteiger partial charge in [0, 0.05) is 12.2 Å². The molecule has 1 aromatic rings. The van der Waals surface area contributed by atoms with Gasteiger partial charge in [-0.15, -0.1) is 0 Å². The van der Waals surface area contributed by atoms with Crippen LogP contribution in [0.5, 0.6) is 0 Å². The second kappa shape index (κ2) is 6.92. The van der Waals surface area contributed by atoms with Gasteiger partial charge in [0.15, 0.2) is 0 Å². The van der Waals surface area contributed by atoms with Gasteiger partial charge in [-0.25, -0.2) is 9.18 Å². The summed E-state index contributed by atoms with van der Waals surface area (Å²) in [5.41, 5.74) is -1.36. The maximum Gasteiger partial charge on any atom is 0.411 e. The molecule has 1 saturated carbocycles. The lowest BCUT2D eigenvalue weighted by atomic mass is 9.72. The largest absolute Gasteiger partial charge is 0.444 e. The molecule has 2 heterocycles. The van der Waals surface area contributed by atoms with Crippen LogP contribution in [0.2, 0.25) is 0 Å². The van der Waals surface area contributed by atoms with Crippen LogP contribution in [0, 0.1) is 11.7 Å². The van der Waals surface area contributed by atoms with Crippen molar-refractivity contribution in [3.05, 3.63) is 36.7 Å². The smallest absolute Gasteiger partial charge is 0.411 e. The van der Waals surface area contributed by atoms with E-state index in [0.29, 0.717) is 25.1 Å². The third-order valence-electron chi connectivity index (χ3n) is 4.91. The van der Waals surface area contributed by atoms with E-state index >= 15 is 0 Å². The molecular formula is C20H24FN3O4. The molecule has 0 aromatic heterocycles. The first-order valence-electron chi connectivity index (χ1n) is 9.09. The van der Waals surface area contributed by atoms with E-state index in [0.717, 1.165) is 12.1 Å². The van der Waals surface area contributed by atoms with Gasteiger partial charge < -0.3 is 15.4 Å². The second-order valence-corrected chi connectivity index (χ2v) is 8.24. The second-order valence-electron chi connectivity index (χ2n) is 8.24. The minimum atomic E-state index is -0.952. The Hall–Kier alpha value is -2.90. The number of amides is 3. The lowest BCUT2D eigenvalue weighted by molar-refractivity contribution is -0.128. The zero-order valence-corrected chi connectivity index (χ0v) is 16.2. The van der Waals surface area contributed by atoms with Crippen molar-refractivity contribution in [1.82, 2.24) is 4.90 Å². The van der Waals surface area contributed by atoms with Crippen molar-refractivity contribution in [2.75, 3.05) is 17.2 Å². The molecule has 3 fully saturated rings. The number of halogens is 1. The zero-order chi connectivity index (χ0) is 20.7. The van der Waals surface area contributed by atoms with Crippen LogP contribution in [0.3, 0.4) is 0 Å². The Balaban J connectivity index is 1.75. The Morgan fingerprint density at radius 3 is 2.57 bits per heavy atom. The molecule has 3 aliphatic rings. The third kappa shape index (κ3) is 3.72. The number of carbonyl (C=O) groups is 3. The van der Waals surface area contributed by atoms with E-state index in [4.69, 9.17) is 4.74 Å². The van der Waals surface area contributed by atoms with E-state index in [9.17, 15) is 18.8 Å². The van der Waals surface area contributed by atoms with E-state index in [1.54, 1.807) is 20.8 Å². The van der Waals surface area contributed by atoms with Gasteiger partial charge in [0.05, 0.1) is 5.69 Å². The summed E-state index contributed by atoms with van der Waals surface area (Å²) in [4.78, 5) is 38.4. The molecule has 28 heavy (non-hydrogen) atoms. The van der Waals surface area contributed by atoms with Crippen LogP contribution in [-0.4, -0.2) is 40.5 Å². The number of fused-ring (bicyclic) bond motifs is 1. The van der Waals surface area contributed by atoms with E-state index in [1.807, 2.05) is 0 Å². The fraction of sp³-hybridized carbons (Fsp3) is 0.450. The summed E-state index contributed by atoms with van der Waals surface area (Å²) in [6.45, 7) is 9.12. The molecule has 1 aliphatic carbocycles. The Morgan fingerprint density at radius 2 is 1.96 bits per heavy atom.